The van der Waals surface area contributed by atoms with Crippen molar-refractivity contribution in [2.75, 3.05) is 6.61 Å². The van der Waals surface area contributed by atoms with Gasteiger partial charge in [-0.1, -0.05) is 17.7 Å². The van der Waals surface area contributed by atoms with Crippen LogP contribution in [-0.2, 0) is 28.5 Å². The summed E-state index contributed by atoms with van der Waals surface area (Å²) in [6, 6.07) is 6.10. The van der Waals surface area contributed by atoms with E-state index in [1.807, 2.05) is 6.92 Å². The van der Waals surface area contributed by atoms with Crippen molar-refractivity contribution in [2.45, 2.75) is 62.2 Å². The topological polar surface area (TPSA) is 112 Å². The SMILES string of the molecule is Cc1ccc(S(=O)(=O)O[C@H](CO)[C@@H]2O[C@@H]3OC(C)(C)O[C@@H]3[C@H]2O)cc1. The lowest BCUT2D eigenvalue weighted by molar-refractivity contribution is -0.225. The van der Waals surface area contributed by atoms with Crippen molar-refractivity contribution in [3.63, 3.8) is 0 Å². The van der Waals surface area contributed by atoms with Gasteiger partial charge in [0.2, 0.25) is 0 Å². The Balaban J connectivity index is 1.74. The molecule has 0 aliphatic carbocycles. The summed E-state index contributed by atoms with van der Waals surface area (Å²) in [6.45, 7) is 4.53. The van der Waals surface area contributed by atoms with Gasteiger partial charge < -0.3 is 24.4 Å². The van der Waals surface area contributed by atoms with E-state index in [1.165, 1.54) is 12.1 Å². The van der Waals surface area contributed by atoms with E-state index >= 15 is 0 Å². The molecule has 2 heterocycles. The highest BCUT2D eigenvalue weighted by Crippen LogP contribution is 2.39. The summed E-state index contributed by atoms with van der Waals surface area (Å²) in [6.07, 6.45) is -5.22. The van der Waals surface area contributed by atoms with E-state index in [-0.39, 0.29) is 4.90 Å². The standard InChI is InChI=1S/C16H22O8S/c1-9-4-6-10(7-5-9)25(19,20)24-11(8-17)13-12(18)14-15(21-13)23-16(2,3)22-14/h4-7,11-15,17-18H,8H2,1-3H3/t11-,12+,13+,14-,15-/m1/s1. The third-order valence-corrected chi connectivity index (χ3v) is 5.51. The van der Waals surface area contributed by atoms with Crippen molar-refractivity contribution < 1.29 is 37.0 Å². The Labute approximate surface area is 146 Å². The van der Waals surface area contributed by atoms with Crippen LogP contribution in [0.4, 0.5) is 0 Å². The molecule has 0 amide bonds. The molecule has 140 valence electrons. The van der Waals surface area contributed by atoms with E-state index in [2.05, 4.69) is 0 Å². The van der Waals surface area contributed by atoms with Gasteiger partial charge in [0.15, 0.2) is 12.1 Å². The van der Waals surface area contributed by atoms with Gasteiger partial charge in [0, 0.05) is 0 Å². The number of aliphatic hydroxyl groups is 2. The van der Waals surface area contributed by atoms with Gasteiger partial charge in [0.25, 0.3) is 10.1 Å². The maximum atomic E-state index is 12.4. The average Bonchev–Trinajstić information content (AvgIpc) is 2.99. The Hall–Kier alpha value is -1.07. The zero-order valence-electron chi connectivity index (χ0n) is 14.2. The largest absolute Gasteiger partial charge is 0.394 e. The van der Waals surface area contributed by atoms with Gasteiger partial charge in [-0.05, 0) is 32.9 Å². The van der Waals surface area contributed by atoms with E-state index in [9.17, 15) is 18.6 Å². The lowest BCUT2D eigenvalue weighted by atomic mass is 10.1. The molecule has 2 aliphatic heterocycles. The average molecular weight is 374 g/mol. The van der Waals surface area contributed by atoms with Crippen LogP contribution in [0.15, 0.2) is 29.2 Å². The van der Waals surface area contributed by atoms with Gasteiger partial charge in [-0.3, -0.25) is 4.18 Å². The number of hydrogen-bond acceptors (Lipinski definition) is 8. The highest BCUT2D eigenvalue weighted by Gasteiger charge is 2.56. The second-order valence-electron chi connectivity index (χ2n) is 6.64. The molecule has 3 rings (SSSR count). The fourth-order valence-electron chi connectivity index (χ4n) is 2.94. The smallest absolute Gasteiger partial charge is 0.297 e. The van der Waals surface area contributed by atoms with Crippen molar-refractivity contribution in [3.8, 4) is 0 Å². The fourth-order valence-corrected chi connectivity index (χ4v) is 4.01. The maximum absolute atomic E-state index is 12.4. The molecule has 0 spiro atoms. The molecule has 0 saturated carbocycles. The second-order valence-corrected chi connectivity index (χ2v) is 8.22. The van der Waals surface area contributed by atoms with Crippen molar-refractivity contribution in [1.29, 1.82) is 0 Å². The summed E-state index contributed by atoms with van der Waals surface area (Å²) >= 11 is 0. The quantitative estimate of drug-likeness (QED) is 0.708. The van der Waals surface area contributed by atoms with E-state index in [4.69, 9.17) is 18.4 Å². The number of aliphatic hydroxyl groups excluding tert-OH is 2. The maximum Gasteiger partial charge on any atom is 0.297 e. The molecule has 0 aromatic heterocycles. The van der Waals surface area contributed by atoms with Gasteiger partial charge in [-0.15, -0.1) is 0 Å². The molecule has 1 aromatic rings. The molecule has 2 aliphatic rings. The Bertz CT molecular complexity index is 714. The fraction of sp³-hybridized carbons (Fsp3) is 0.625. The lowest BCUT2D eigenvalue weighted by Gasteiger charge is -2.27. The molecular formula is C16H22O8S. The number of benzene rings is 1. The first-order valence-corrected chi connectivity index (χ1v) is 9.34. The van der Waals surface area contributed by atoms with Crippen LogP contribution >= 0.6 is 0 Å². The first-order valence-electron chi connectivity index (χ1n) is 7.93. The number of aryl methyl sites for hydroxylation is 1. The zero-order valence-corrected chi connectivity index (χ0v) is 15.0. The van der Waals surface area contributed by atoms with Crippen molar-refractivity contribution >= 4 is 10.1 Å². The van der Waals surface area contributed by atoms with Crippen LogP contribution in [0.25, 0.3) is 0 Å². The lowest BCUT2D eigenvalue weighted by Crippen LogP contribution is -2.44. The number of fused-ring (bicyclic) bond motifs is 1. The molecule has 0 bridgehead atoms. The number of rotatable bonds is 5. The van der Waals surface area contributed by atoms with E-state index in [0.29, 0.717) is 0 Å². The summed E-state index contributed by atoms with van der Waals surface area (Å²) < 4.78 is 46.5. The normalized spacial score (nSPS) is 32.5. The van der Waals surface area contributed by atoms with Crippen LogP contribution in [-0.4, -0.2) is 61.7 Å². The summed E-state index contributed by atoms with van der Waals surface area (Å²) in [7, 11) is -4.13. The molecule has 5 atom stereocenters. The second kappa shape index (κ2) is 6.58. The molecule has 2 saturated heterocycles. The molecule has 1 aromatic carbocycles. The van der Waals surface area contributed by atoms with Crippen molar-refractivity contribution in [1.82, 2.24) is 0 Å². The minimum Gasteiger partial charge on any atom is -0.394 e. The monoisotopic (exact) mass is 374 g/mol. The zero-order chi connectivity index (χ0) is 18.4. The highest BCUT2D eigenvalue weighted by atomic mass is 32.2. The van der Waals surface area contributed by atoms with Crippen LogP contribution in [0, 0.1) is 6.92 Å². The van der Waals surface area contributed by atoms with Crippen LogP contribution < -0.4 is 0 Å². The Morgan fingerprint density at radius 2 is 1.88 bits per heavy atom. The summed E-state index contributed by atoms with van der Waals surface area (Å²) in [4.78, 5) is -0.0436. The molecule has 8 nitrogen and oxygen atoms in total. The van der Waals surface area contributed by atoms with Crippen molar-refractivity contribution in [2.24, 2.45) is 0 Å². The predicted molar refractivity (Wildman–Crippen MR) is 85.0 cm³/mol. The molecular weight excluding hydrogens is 352 g/mol. The minimum atomic E-state index is -4.13. The Morgan fingerprint density at radius 1 is 1.24 bits per heavy atom. The Kier molecular flexibility index (Phi) is 4.93. The molecule has 25 heavy (non-hydrogen) atoms. The first-order chi connectivity index (χ1) is 11.6. The van der Waals surface area contributed by atoms with Gasteiger partial charge in [0.05, 0.1) is 11.5 Å². The number of hydrogen-bond donors (Lipinski definition) is 2. The van der Waals surface area contributed by atoms with E-state index < -0.39 is 53.2 Å². The molecule has 0 radical (unpaired) electrons. The summed E-state index contributed by atoms with van der Waals surface area (Å²) in [5.74, 6) is -0.912. The van der Waals surface area contributed by atoms with Gasteiger partial charge in [-0.25, -0.2) is 0 Å². The third-order valence-electron chi connectivity index (χ3n) is 4.16. The van der Waals surface area contributed by atoms with Crippen LogP contribution in [0.3, 0.4) is 0 Å². The predicted octanol–water partition coefficient (Wildman–Crippen LogP) is 0.299. The molecule has 2 fully saturated rings. The minimum absolute atomic E-state index is 0.0436. The summed E-state index contributed by atoms with van der Waals surface area (Å²) in [5.41, 5.74) is 0.900. The van der Waals surface area contributed by atoms with Gasteiger partial charge in [-0.2, -0.15) is 8.42 Å². The van der Waals surface area contributed by atoms with E-state index in [1.54, 1.807) is 26.0 Å². The number of ether oxygens (including phenoxy) is 3. The first kappa shape index (κ1) is 18.7. The molecule has 0 unspecified atom stereocenters. The highest BCUT2D eigenvalue weighted by molar-refractivity contribution is 7.86. The Morgan fingerprint density at radius 3 is 2.44 bits per heavy atom. The van der Waals surface area contributed by atoms with E-state index in [0.717, 1.165) is 5.56 Å². The summed E-state index contributed by atoms with van der Waals surface area (Å²) in [5, 5.41) is 19.9. The van der Waals surface area contributed by atoms with Crippen LogP contribution in [0.5, 0.6) is 0 Å². The molecule has 2 N–H and O–H groups in total. The third kappa shape index (κ3) is 3.72. The van der Waals surface area contributed by atoms with Crippen LogP contribution in [0.2, 0.25) is 0 Å². The van der Waals surface area contributed by atoms with Crippen molar-refractivity contribution in [3.05, 3.63) is 29.8 Å². The van der Waals surface area contributed by atoms with Gasteiger partial charge in [0.1, 0.15) is 24.4 Å². The van der Waals surface area contributed by atoms with Crippen LogP contribution in [0.1, 0.15) is 19.4 Å². The van der Waals surface area contributed by atoms with Gasteiger partial charge >= 0.3 is 0 Å². The molecule has 9 heteroatoms.